The molecule has 0 radical (unpaired) electrons. The lowest BCUT2D eigenvalue weighted by molar-refractivity contribution is -0.891. The number of hydrogen-bond acceptors (Lipinski definition) is 3. The van der Waals surface area contributed by atoms with E-state index >= 15 is 0 Å². The molecular weight excluding hydrogens is 290 g/mol. The van der Waals surface area contributed by atoms with Gasteiger partial charge >= 0.3 is 0 Å². The molecular formula is C18H40N3O2+. The van der Waals surface area contributed by atoms with E-state index in [2.05, 4.69) is 45.1 Å². The number of carbonyl (C=O) groups is 1. The molecule has 0 fully saturated rings. The lowest BCUT2D eigenvalue weighted by atomic mass is 10.2. The van der Waals surface area contributed by atoms with Crippen molar-refractivity contribution in [2.45, 2.75) is 59.0 Å². The molecule has 138 valence electrons. The molecule has 0 aromatic rings. The predicted octanol–water partition coefficient (Wildman–Crippen LogP) is 1.85. The van der Waals surface area contributed by atoms with Gasteiger partial charge in [-0.1, -0.05) is 26.7 Å². The smallest absolute Gasteiger partial charge is 0.220 e. The zero-order valence-electron chi connectivity index (χ0n) is 16.1. The topological polar surface area (TPSA) is 52.6 Å². The van der Waals surface area contributed by atoms with Crippen molar-refractivity contribution in [3.63, 3.8) is 0 Å². The molecule has 0 bridgehead atoms. The number of aliphatic hydroxyl groups excluding tert-OH is 1. The van der Waals surface area contributed by atoms with Gasteiger partial charge in [0.25, 0.3) is 0 Å². The maximum atomic E-state index is 11.7. The maximum absolute atomic E-state index is 11.7. The summed E-state index contributed by atoms with van der Waals surface area (Å²) in [6.07, 6.45) is 4.60. The van der Waals surface area contributed by atoms with Crippen molar-refractivity contribution in [2.75, 3.05) is 53.4 Å². The van der Waals surface area contributed by atoms with Crippen LogP contribution in [0.5, 0.6) is 0 Å². The molecule has 0 aromatic carbocycles. The molecule has 0 rings (SSSR count). The Morgan fingerprint density at radius 3 is 2.39 bits per heavy atom. The van der Waals surface area contributed by atoms with E-state index in [9.17, 15) is 9.90 Å². The third-order valence-electron chi connectivity index (χ3n) is 4.33. The summed E-state index contributed by atoms with van der Waals surface area (Å²) in [7, 11) is 4.29. The molecule has 23 heavy (non-hydrogen) atoms. The van der Waals surface area contributed by atoms with Crippen LogP contribution >= 0.6 is 0 Å². The third kappa shape index (κ3) is 12.4. The first-order valence-corrected chi connectivity index (χ1v) is 9.33. The van der Waals surface area contributed by atoms with E-state index in [4.69, 9.17) is 0 Å². The number of amides is 1. The molecule has 2 N–H and O–H groups in total. The van der Waals surface area contributed by atoms with Crippen LogP contribution in [-0.2, 0) is 4.79 Å². The molecule has 5 nitrogen and oxygen atoms in total. The SMILES string of the molecule is CCCCCC(=O)NCCN(CCC)CC(O)C[N+](C)(C)CC. The average molecular weight is 331 g/mol. The Balaban J connectivity index is 4.08. The van der Waals surface area contributed by atoms with Crippen molar-refractivity contribution < 1.29 is 14.4 Å². The van der Waals surface area contributed by atoms with Gasteiger partial charge in [-0.2, -0.15) is 0 Å². The molecule has 0 spiro atoms. The summed E-state index contributed by atoms with van der Waals surface area (Å²) in [6, 6.07) is 0. The molecule has 0 aliphatic heterocycles. The van der Waals surface area contributed by atoms with Gasteiger partial charge in [-0.15, -0.1) is 0 Å². The highest BCUT2D eigenvalue weighted by Crippen LogP contribution is 2.02. The molecule has 0 saturated carbocycles. The largest absolute Gasteiger partial charge is 0.386 e. The summed E-state index contributed by atoms with van der Waals surface area (Å²) in [5.74, 6) is 0.152. The molecule has 1 unspecified atom stereocenters. The molecule has 1 atom stereocenters. The summed E-state index contributed by atoms with van der Waals surface area (Å²) in [5.41, 5.74) is 0. The molecule has 1 amide bonds. The summed E-state index contributed by atoms with van der Waals surface area (Å²) >= 11 is 0. The number of unbranched alkanes of at least 4 members (excludes halogenated alkanes) is 2. The first-order valence-electron chi connectivity index (χ1n) is 9.33. The van der Waals surface area contributed by atoms with Crippen molar-refractivity contribution in [3.05, 3.63) is 0 Å². The second-order valence-corrected chi connectivity index (χ2v) is 7.20. The van der Waals surface area contributed by atoms with E-state index in [1.54, 1.807) is 0 Å². The third-order valence-corrected chi connectivity index (χ3v) is 4.33. The minimum absolute atomic E-state index is 0.152. The van der Waals surface area contributed by atoms with Crippen LogP contribution in [-0.4, -0.2) is 79.9 Å². The van der Waals surface area contributed by atoms with Crippen LogP contribution in [0.4, 0.5) is 0 Å². The van der Waals surface area contributed by atoms with E-state index in [1.165, 1.54) is 0 Å². The van der Waals surface area contributed by atoms with Gasteiger partial charge in [-0.25, -0.2) is 0 Å². The van der Waals surface area contributed by atoms with E-state index in [0.29, 0.717) is 19.5 Å². The summed E-state index contributed by atoms with van der Waals surface area (Å²) in [5, 5.41) is 13.3. The van der Waals surface area contributed by atoms with Crippen LogP contribution in [0.15, 0.2) is 0 Å². The highest BCUT2D eigenvalue weighted by molar-refractivity contribution is 5.75. The van der Waals surface area contributed by atoms with Gasteiger partial charge < -0.3 is 14.9 Å². The minimum Gasteiger partial charge on any atom is -0.386 e. The van der Waals surface area contributed by atoms with E-state index < -0.39 is 0 Å². The second kappa shape index (κ2) is 12.7. The zero-order valence-corrected chi connectivity index (χ0v) is 16.1. The van der Waals surface area contributed by atoms with Crippen LogP contribution in [0.1, 0.15) is 52.9 Å². The fourth-order valence-electron chi connectivity index (χ4n) is 2.64. The molecule has 0 aromatic heterocycles. The normalized spacial score (nSPS) is 13.3. The van der Waals surface area contributed by atoms with Crippen molar-refractivity contribution in [2.24, 2.45) is 0 Å². The van der Waals surface area contributed by atoms with E-state index in [0.717, 1.165) is 56.3 Å². The van der Waals surface area contributed by atoms with E-state index in [-0.39, 0.29) is 12.0 Å². The fourth-order valence-corrected chi connectivity index (χ4v) is 2.64. The monoisotopic (exact) mass is 330 g/mol. The Bertz CT molecular complexity index is 309. The first-order chi connectivity index (χ1) is 10.8. The highest BCUT2D eigenvalue weighted by atomic mass is 16.3. The number of rotatable bonds is 14. The van der Waals surface area contributed by atoms with Gasteiger partial charge in [0.1, 0.15) is 12.6 Å². The first kappa shape index (κ1) is 22.4. The van der Waals surface area contributed by atoms with Crippen molar-refractivity contribution >= 4 is 5.91 Å². The lowest BCUT2D eigenvalue weighted by Crippen LogP contribution is -2.49. The molecule has 5 heteroatoms. The Hall–Kier alpha value is -0.650. The van der Waals surface area contributed by atoms with E-state index in [1.807, 2.05) is 0 Å². The standard InChI is InChI=1S/C18H39N3O2/c1-6-9-10-11-18(23)19-12-14-20(13-7-2)15-17(22)16-21(4,5)8-3/h17,22H,6-16H2,1-5H3/p+1. The molecule has 0 saturated heterocycles. The van der Waals surface area contributed by atoms with Gasteiger partial charge in [-0.05, 0) is 26.3 Å². The van der Waals surface area contributed by atoms with Crippen LogP contribution in [0.3, 0.4) is 0 Å². The fraction of sp³-hybridized carbons (Fsp3) is 0.944. The average Bonchev–Trinajstić information content (AvgIpc) is 2.47. The van der Waals surface area contributed by atoms with Crippen LogP contribution in [0, 0.1) is 0 Å². The summed E-state index contributed by atoms with van der Waals surface area (Å²) < 4.78 is 0.829. The zero-order chi connectivity index (χ0) is 17.7. The van der Waals surface area contributed by atoms with Gasteiger partial charge in [0.15, 0.2) is 0 Å². The molecule has 0 heterocycles. The minimum atomic E-state index is -0.322. The Morgan fingerprint density at radius 2 is 1.83 bits per heavy atom. The maximum Gasteiger partial charge on any atom is 0.220 e. The lowest BCUT2D eigenvalue weighted by Gasteiger charge is -2.32. The number of nitrogens with one attached hydrogen (secondary N) is 1. The number of hydrogen-bond donors (Lipinski definition) is 2. The van der Waals surface area contributed by atoms with Crippen molar-refractivity contribution in [1.82, 2.24) is 10.2 Å². The van der Waals surface area contributed by atoms with Crippen LogP contribution in [0.2, 0.25) is 0 Å². The Labute approximate surface area is 143 Å². The Morgan fingerprint density at radius 1 is 1.13 bits per heavy atom. The molecule has 0 aliphatic rings. The van der Waals surface area contributed by atoms with Gasteiger partial charge in [0, 0.05) is 26.1 Å². The number of carbonyl (C=O) groups excluding carboxylic acids is 1. The van der Waals surface area contributed by atoms with Gasteiger partial charge in [0.2, 0.25) is 5.91 Å². The van der Waals surface area contributed by atoms with Crippen molar-refractivity contribution in [1.29, 1.82) is 0 Å². The van der Waals surface area contributed by atoms with Crippen LogP contribution in [0.25, 0.3) is 0 Å². The quantitative estimate of drug-likeness (QED) is 0.377. The van der Waals surface area contributed by atoms with Crippen molar-refractivity contribution in [3.8, 4) is 0 Å². The number of aliphatic hydroxyl groups is 1. The number of nitrogens with zero attached hydrogens (tertiary/aromatic N) is 2. The summed E-state index contributed by atoms with van der Waals surface area (Å²) in [4.78, 5) is 14.0. The highest BCUT2D eigenvalue weighted by Gasteiger charge is 2.20. The predicted molar refractivity (Wildman–Crippen MR) is 97.4 cm³/mol. The number of likely N-dealkylation sites (N-methyl/N-ethyl adjacent to an activating group) is 1. The van der Waals surface area contributed by atoms with Gasteiger partial charge in [0.05, 0.1) is 20.6 Å². The van der Waals surface area contributed by atoms with Crippen LogP contribution < -0.4 is 5.32 Å². The number of quaternary nitrogens is 1. The second-order valence-electron chi connectivity index (χ2n) is 7.20. The van der Waals surface area contributed by atoms with Gasteiger partial charge in [-0.3, -0.25) is 9.69 Å². The molecule has 0 aliphatic carbocycles. The summed E-state index contributed by atoms with van der Waals surface area (Å²) in [6.45, 7) is 11.3. The Kier molecular flexibility index (Phi) is 12.4.